The molecule has 7 nitrogen and oxygen atoms in total. The Hall–Kier alpha value is -3.88. The number of carbonyl (C=O) groups is 2. The molecule has 0 unspecified atom stereocenters. The topological polar surface area (TPSA) is 93.2 Å². The number of nitrogens with one attached hydrogen (secondary N) is 2. The van der Waals surface area contributed by atoms with E-state index in [0.717, 1.165) is 12.1 Å². The number of benzene rings is 2. The number of ether oxygens (including phenoxy) is 1. The predicted molar refractivity (Wildman–Crippen MR) is 97.4 cm³/mol. The van der Waals surface area contributed by atoms with E-state index in [1.165, 1.54) is 37.6 Å². The van der Waals surface area contributed by atoms with E-state index >= 15 is 0 Å². The molecule has 2 N–H and O–H groups in total. The Labute approximate surface area is 158 Å². The number of rotatable bonds is 5. The second-order valence-electron chi connectivity index (χ2n) is 5.54. The molecule has 0 bridgehead atoms. The number of amides is 1. The maximum absolute atomic E-state index is 13.3. The lowest BCUT2D eigenvalue weighted by molar-refractivity contribution is 0.0600. The molecule has 0 aliphatic heterocycles. The number of aromatic nitrogens is 2. The third kappa shape index (κ3) is 4.44. The van der Waals surface area contributed by atoms with Gasteiger partial charge in [-0.2, -0.15) is 0 Å². The van der Waals surface area contributed by atoms with Gasteiger partial charge in [0.2, 0.25) is 5.95 Å². The average Bonchev–Trinajstić information content (AvgIpc) is 2.71. The fraction of sp³-hybridized carbons (Fsp3) is 0.0526. The summed E-state index contributed by atoms with van der Waals surface area (Å²) in [6.45, 7) is 0. The molecule has 0 fully saturated rings. The maximum Gasteiger partial charge on any atom is 0.337 e. The van der Waals surface area contributed by atoms with Gasteiger partial charge in [0.15, 0.2) is 11.6 Å². The minimum absolute atomic E-state index is 0.0414. The Kier molecular flexibility index (Phi) is 5.54. The molecule has 1 amide bonds. The van der Waals surface area contributed by atoms with Crippen molar-refractivity contribution in [2.75, 3.05) is 17.7 Å². The van der Waals surface area contributed by atoms with Gasteiger partial charge in [0.1, 0.15) is 5.69 Å². The number of esters is 1. The highest BCUT2D eigenvalue weighted by Gasteiger charge is 2.11. The fourth-order valence-corrected chi connectivity index (χ4v) is 2.25. The summed E-state index contributed by atoms with van der Waals surface area (Å²) in [4.78, 5) is 31.8. The molecule has 0 saturated heterocycles. The van der Waals surface area contributed by atoms with Crippen molar-refractivity contribution in [1.82, 2.24) is 9.97 Å². The third-order valence-electron chi connectivity index (χ3n) is 3.63. The van der Waals surface area contributed by atoms with Crippen molar-refractivity contribution >= 4 is 29.2 Å². The highest BCUT2D eigenvalue weighted by Crippen LogP contribution is 2.17. The first-order valence-electron chi connectivity index (χ1n) is 8.01. The van der Waals surface area contributed by atoms with E-state index in [9.17, 15) is 18.4 Å². The molecular formula is C19H14F2N4O3. The molecule has 142 valence electrons. The van der Waals surface area contributed by atoms with Crippen LogP contribution >= 0.6 is 0 Å². The summed E-state index contributed by atoms with van der Waals surface area (Å²) in [7, 11) is 1.28. The van der Waals surface area contributed by atoms with Crippen LogP contribution in [0.15, 0.2) is 54.7 Å². The van der Waals surface area contributed by atoms with Crippen LogP contribution in [0.25, 0.3) is 0 Å². The van der Waals surface area contributed by atoms with Crippen LogP contribution in [0.1, 0.15) is 20.8 Å². The van der Waals surface area contributed by atoms with Crippen molar-refractivity contribution in [2.45, 2.75) is 0 Å². The number of anilines is 3. The van der Waals surface area contributed by atoms with E-state index in [-0.39, 0.29) is 17.3 Å². The van der Waals surface area contributed by atoms with Crippen molar-refractivity contribution in [2.24, 2.45) is 0 Å². The van der Waals surface area contributed by atoms with Crippen LogP contribution in [-0.2, 0) is 4.74 Å². The van der Waals surface area contributed by atoms with Crippen LogP contribution < -0.4 is 10.6 Å². The molecule has 9 heteroatoms. The smallest absolute Gasteiger partial charge is 0.337 e. The Morgan fingerprint density at radius 3 is 2.36 bits per heavy atom. The quantitative estimate of drug-likeness (QED) is 0.654. The molecule has 3 rings (SSSR count). The van der Waals surface area contributed by atoms with E-state index in [1.54, 1.807) is 12.1 Å². The number of carbonyl (C=O) groups excluding carboxylic acids is 2. The van der Waals surface area contributed by atoms with Gasteiger partial charge < -0.3 is 15.4 Å². The van der Waals surface area contributed by atoms with Gasteiger partial charge >= 0.3 is 5.97 Å². The van der Waals surface area contributed by atoms with Crippen LogP contribution in [0.2, 0.25) is 0 Å². The lowest BCUT2D eigenvalue weighted by atomic mass is 10.2. The monoisotopic (exact) mass is 384 g/mol. The zero-order valence-corrected chi connectivity index (χ0v) is 14.6. The zero-order chi connectivity index (χ0) is 20.1. The molecule has 0 saturated carbocycles. The summed E-state index contributed by atoms with van der Waals surface area (Å²) in [6, 6.07) is 10.7. The number of methoxy groups -OCH3 is 1. The largest absolute Gasteiger partial charge is 0.465 e. The first-order valence-corrected chi connectivity index (χ1v) is 8.01. The molecule has 2 aromatic carbocycles. The summed E-state index contributed by atoms with van der Waals surface area (Å²) >= 11 is 0. The van der Waals surface area contributed by atoms with Crippen molar-refractivity contribution in [3.05, 3.63) is 77.6 Å². The number of hydrogen-bond acceptors (Lipinski definition) is 6. The SMILES string of the molecule is COC(=O)c1ccc(NC(=O)c2ccnc(Nc3ccc(F)c(F)c3)n2)cc1. The number of nitrogens with zero attached hydrogens (tertiary/aromatic N) is 2. The van der Waals surface area contributed by atoms with Gasteiger partial charge in [-0.15, -0.1) is 0 Å². The second kappa shape index (κ2) is 8.21. The van der Waals surface area contributed by atoms with Crippen LogP contribution in [-0.4, -0.2) is 29.0 Å². The van der Waals surface area contributed by atoms with Gasteiger partial charge in [-0.05, 0) is 42.5 Å². The van der Waals surface area contributed by atoms with E-state index < -0.39 is 23.5 Å². The molecule has 3 aromatic rings. The minimum Gasteiger partial charge on any atom is -0.465 e. The lowest BCUT2D eigenvalue weighted by Crippen LogP contribution is -2.15. The van der Waals surface area contributed by atoms with E-state index in [4.69, 9.17) is 0 Å². The second-order valence-corrected chi connectivity index (χ2v) is 5.54. The zero-order valence-electron chi connectivity index (χ0n) is 14.6. The first kappa shape index (κ1) is 18.9. The fourth-order valence-electron chi connectivity index (χ4n) is 2.25. The molecular weight excluding hydrogens is 370 g/mol. The highest BCUT2D eigenvalue weighted by atomic mass is 19.2. The van der Waals surface area contributed by atoms with Crippen molar-refractivity contribution in [3.8, 4) is 0 Å². The molecule has 28 heavy (non-hydrogen) atoms. The lowest BCUT2D eigenvalue weighted by Gasteiger charge is -2.08. The Balaban J connectivity index is 1.71. The molecule has 0 aliphatic carbocycles. The molecule has 0 atom stereocenters. The van der Waals surface area contributed by atoms with Gasteiger partial charge in [0.25, 0.3) is 5.91 Å². The first-order chi connectivity index (χ1) is 13.5. The molecule has 1 aromatic heterocycles. The van der Waals surface area contributed by atoms with Crippen molar-refractivity contribution < 1.29 is 23.1 Å². The van der Waals surface area contributed by atoms with Crippen molar-refractivity contribution in [1.29, 1.82) is 0 Å². The Bertz CT molecular complexity index is 1030. The minimum atomic E-state index is -1.02. The van der Waals surface area contributed by atoms with Crippen LogP contribution in [0.4, 0.5) is 26.1 Å². The summed E-state index contributed by atoms with van der Waals surface area (Å²) in [6.07, 6.45) is 1.35. The average molecular weight is 384 g/mol. The Morgan fingerprint density at radius 2 is 1.68 bits per heavy atom. The number of halogens is 2. The summed E-state index contributed by atoms with van der Waals surface area (Å²) < 4.78 is 30.9. The Morgan fingerprint density at radius 1 is 0.964 bits per heavy atom. The van der Waals surface area contributed by atoms with E-state index in [1.807, 2.05) is 0 Å². The van der Waals surface area contributed by atoms with Crippen LogP contribution in [0.3, 0.4) is 0 Å². The van der Waals surface area contributed by atoms with Gasteiger partial charge in [-0.3, -0.25) is 4.79 Å². The van der Waals surface area contributed by atoms with E-state index in [0.29, 0.717) is 11.3 Å². The van der Waals surface area contributed by atoms with Gasteiger partial charge in [-0.25, -0.2) is 23.5 Å². The molecule has 0 radical (unpaired) electrons. The normalized spacial score (nSPS) is 10.2. The van der Waals surface area contributed by atoms with Crippen LogP contribution in [0.5, 0.6) is 0 Å². The van der Waals surface area contributed by atoms with E-state index in [2.05, 4.69) is 25.3 Å². The van der Waals surface area contributed by atoms with Gasteiger partial charge in [0.05, 0.1) is 12.7 Å². The summed E-state index contributed by atoms with van der Waals surface area (Å²) in [5.74, 6) is -2.95. The molecule has 0 aliphatic rings. The summed E-state index contributed by atoms with van der Waals surface area (Å²) in [5, 5.41) is 5.33. The highest BCUT2D eigenvalue weighted by molar-refractivity contribution is 6.03. The maximum atomic E-state index is 13.3. The third-order valence-corrected chi connectivity index (χ3v) is 3.63. The van der Waals surface area contributed by atoms with Gasteiger partial charge in [-0.1, -0.05) is 0 Å². The standard InChI is InChI=1S/C19H14F2N4O3/c1-28-18(27)11-2-4-12(5-3-11)23-17(26)16-8-9-22-19(25-16)24-13-6-7-14(20)15(21)10-13/h2-10H,1H3,(H,23,26)(H,22,24,25). The number of hydrogen-bond donors (Lipinski definition) is 2. The van der Waals surface area contributed by atoms with Crippen molar-refractivity contribution in [3.63, 3.8) is 0 Å². The van der Waals surface area contributed by atoms with Crippen LogP contribution in [0, 0.1) is 11.6 Å². The molecule has 0 spiro atoms. The predicted octanol–water partition coefficient (Wildman–Crippen LogP) is 3.54. The summed E-state index contributed by atoms with van der Waals surface area (Å²) in [5.41, 5.74) is 1.08. The molecule has 1 heterocycles. The van der Waals surface area contributed by atoms with Gasteiger partial charge in [0, 0.05) is 23.6 Å².